The van der Waals surface area contributed by atoms with Gasteiger partial charge in [0.25, 0.3) is 5.56 Å². The largest absolute Gasteiger partial charge is 0.332 e. The summed E-state index contributed by atoms with van der Waals surface area (Å²) in [6, 6.07) is 0.0336. The Bertz CT molecular complexity index is 820. The first kappa shape index (κ1) is 15.5. The second kappa shape index (κ2) is 5.64. The maximum absolute atomic E-state index is 12.6. The van der Waals surface area contributed by atoms with Gasteiger partial charge in [-0.3, -0.25) is 14.2 Å². The van der Waals surface area contributed by atoms with Crippen molar-refractivity contribution in [3.8, 4) is 0 Å². The van der Waals surface area contributed by atoms with Gasteiger partial charge < -0.3 is 9.47 Å². The smallest absolute Gasteiger partial charge is 0.258 e. The first-order valence-electron chi connectivity index (χ1n) is 7.71. The Labute approximate surface area is 134 Å². The van der Waals surface area contributed by atoms with E-state index < -0.39 is 0 Å². The monoisotopic (exact) mass is 315 g/mol. The molecule has 1 atom stereocenters. The fourth-order valence-corrected chi connectivity index (χ4v) is 3.04. The van der Waals surface area contributed by atoms with Gasteiger partial charge in [0.1, 0.15) is 11.6 Å². The van der Waals surface area contributed by atoms with Crippen LogP contribution < -0.4 is 5.56 Å². The molecular weight excluding hydrogens is 294 g/mol. The van der Waals surface area contributed by atoms with E-state index in [-0.39, 0.29) is 17.5 Å². The Balaban J connectivity index is 1.75. The third-order valence-electron chi connectivity index (χ3n) is 4.54. The second-order valence-corrected chi connectivity index (χ2v) is 6.13. The number of hydrogen-bond acceptors (Lipinski definition) is 4. The molecule has 3 heterocycles. The molecule has 1 aliphatic rings. The van der Waals surface area contributed by atoms with E-state index in [4.69, 9.17) is 0 Å². The molecule has 122 valence electrons. The predicted molar refractivity (Wildman–Crippen MR) is 84.8 cm³/mol. The molecule has 1 aliphatic heterocycles. The number of carbonyl (C=O) groups excluding carboxylic acids is 1. The molecule has 0 N–H and O–H groups in total. The van der Waals surface area contributed by atoms with Crippen LogP contribution in [-0.2, 0) is 24.9 Å². The van der Waals surface area contributed by atoms with Crippen LogP contribution in [0.25, 0.3) is 0 Å². The van der Waals surface area contributed by atoms with Gasteiger partial charge in [-0.05, 0) is 20.8 Å². The number of rotatable bonds is 3. The molecule has 0 fully saturated rings. The summed E-state index contributed by atoms with van der Waals surface area (Å²) in [5, 5.41) is 0. The highest BCUT2D eigenvalue weighted by Crippen LogP contribution is 2.22. The summed E-state index contributed by atoms with van der Waals surface area (Å²) in [7, 11) is 1.71. The number of carbonyl (C=O) groups is 1. The normalized spacial score (nSPS) is 14.9. The van der Waals surface area contributed by atoms with Gasteiger partial charge in [0.15, 0.2) is 0 Å². The van der Waals surface area contributed by atoms with Crippen molar-refractivity contribution in [2.75, 3.05) is 0 Å². The van der Waals surface area contributed by atoms with Crippen LogP contribution in [0.2, 0.25) is 0 Å². The molecule has 1 amide bonds. The molecule has 0 saturated heterocycles. The molecule has 0 unspecified atom stereocenters. The third kappa shape index (κ3) is 2.67. The first-order valence-corrected chi connectivity index (χ1v) is 7.71. The van der Waals surface area contributed by atoms with Gasteiger partial charge in [-0.2, -0.15) is 0 Å². The molecule has 0 radical (unpaired) electrons. The molecule has 2 aromatic rings. The fourth-order valence-electron chi connectivity index (χ4n) is 3.04. The number of aryl methyl sites for hydroxylation is 2. The maximum atomic E-state index is 12.6. The summed E-state index contributed by atoms with van der Waals surface area (Å²) in [4.78, 5) is 35.2. The number of amides is 1. The lowest BCUT2D eigenvalue weighted by Gasteiger charge is -2.19. The number of imidazole rings is 1. The van der Waals surface area contributed by atoms with Gasteiger partial charge in [-0.25, -0.2) is 9.97 Å². The molecule has 7 heteroatoms. The van der Waals surface area contributed by atoms with E-state index in [1.165, 1.54) is 4.57 Å². The van der Waals surface area contributed by atoms with Crippen molar-refractivity contribution in [1.82, 2.24) is 24.0 Å². The minimum Gasteiger partial charge on any atom is -0.332 e. The highest BCUT2D eigenvalue weighted by atomic mass is 16.2. The van der Waals surface area contributed by atoms with Crippen molar-refractivity contribution in [1.29, 1.82) is 0 Å². The Morgan fingerprint density at radius 3 is 2.70 bits per heavy atom. The van der Waals surface area contributed by atoms with Crippen molar-refractivity contribution < 1.29 is 4.79 Å². The molecule has 3 rings (SSSR count). The third-order valence-corrected chi connectivity index (χ3v) is 4.54. The standard InChI is InChI=1S/C16H21N5O2/c1-10(21-6-5-17-11(21)2)7-15(22)20-8-13-14(9-20)18-12(3)19(4)16(13)23/h5-6,10H,7-9H2,1-4H3/t10-/m1/s1. The summed E-state index contributed by atoms with van der Waals surface area (Å²) in [5.41, 5.74) is 1.31. The van der Waals surface area contributed by atoms with Crippen LogP contribution in [-0.4, -0.2) is 29.9 Å². The van der Waals surface area contributed by atoms with Gasteiger partial charge in [0.2, 0.25) is 5.91 Å². The molecular formula is C16H21N5O2. The molecule has 2 aromatic heterocycles. The van der Waals surface area contributed by atoms with Crippen molar-refractivity contribution in [2.24, 2.45) is 7.05 Å². The van der Waals surface area contributed by atoms with Gasteiger partial charge in [0, 0.05) is 31.9 Å². The van der Waals surface area contributed by atoms with Gasteiger partial charge >= 0.3 is 0 Å². The van der Waals surface area contributed by atoms with Gasteiger partial charge in [-0.15, -0.1) is 0 Å². The summed E-state index contributed by atoms with van der Waals surface area (Å²) in [5.74, 6) is 1.59. The van der Waals surface area contributed by atoms with Crippen molar-refractivity contribution >= 4 is 5.91 Å². The van der Waals surface area contributed by atoms with Crippen LogP contribution in [0.5, 0.6) is 0 Å². The minimum absolute atomic E-state index is 0.0308. The van der Waals surface area contributed by atoms with E-state index in [1.807, 2.05) is 24.6 Å². The number of nitrogens with zero attached hydrogens (tertiary/aromatic N) is 5. The molecule has 7 nitrogen and oxygen atoms in total. The summed E-state index contributed by atoms with van der Waals surface area (Å²) in [6.45, 7) is 6.49. The van der Waals surface area contributed by atoms with Crippen molar-refractivity contribution in [3.05, 3.63) is 45.7 Å². The van der Waals surface area contributed by atoms with Crippen LogP contribution in [0, 0.1) is 13.8 Å². The lowest BCUT2D eigenvalue weighted by atomic mass is 10.2. The Morgan fingerprint density at radius 1 is 1.30 bits per heavy atom. The van der Waals surface area contributed by atoms with Crippen LogP contribution in [0.4, 0.5) is 0 Å². The van der Waals surface area contributed by atoms with Gasteiger partial charge in [0.05, 0.1) is 24.3 Å². The number of hydrogen-bond donors (Lipinski definition) is 0. The highest BCUT2D eigenvalue weighted by Gasteiger charge is 2.28. The molecule has 0 aliphatic carbocycles. The Kier molecular flexibility index (Phi) is 3.79. The quantitative estimate of drug-likeness (QED) is 0.850. The number of fused-ring (bicyclic) bond motifs is 1. The van der Waals surface area contributed by atoms with Crippen LogP contribution in [0.15, 0.2) is 17.2 Å². The first-order chi connectivity index (χ1) is 10.9. The Morgan fingerprint density at radius 2 is 2.04 bits per heavy atom. The van der Waals surface area contributed by atoms with E-state index in [1.54, 1.807) is 25.1 Å². The second-order valence-electron chi connectivity index (χ2n) is 6.13. The zero-order valence-electron chi connectivity index (χ0n) is 13.9. The molecule has 0 spiro atoms. The SMILES string of the molecule is Cc1nccn1[C@H](C)CC(=O)N1Cc2nc(C)n(C)c(=O)c2C1. The zero-order chi connectivity index (χ0) is 16.7. The van der Waals surface area contributed by atoms with Crippen molar-refractivity contribution in [2.45, 2.75) is 46.3 Å². The van der Waals surface area contributed by atoms with Crippen LogP contribution >= 0.6 is 0 Å². The maximum Gasteiger partial charge on any atom is 0.258 e. The lowest BCUT2D eigenvalue weighted by Crippen LogP contribution is -2.29. The number of aromatic nitrogens is 4. The van der Waals surface area contributed by atoms with E-state index in [9.17, 15) is 9.59 Å². The lowest BCUT2D eigenvalue weighted by molar-refractivity contribution is -0.132. The fraction of sp³-hybridized carbons (Fsp3) is 0.500. The highest BCUT2D eigenvalue weighted by molar-refractivity contribution is 5.77. The van der Waals surface area contributed by atoms with Crippen LogP contribution in [0.1, 0.15) is 42.3 Å². The van der Waals surface area contributed by atoms with E-state index in [2.05, 4.69) is 9.97 Å². The van der Waals surface area contributed by atoms with Gasteiger partial charge in [-0.1, -0.05) is 0 Å². The zero-order valence-corrected chi connectivity index (χ0v) is 13.9. The average Bonchev–Trinajstić information content (AvgIpc) is 3.11. The molecule has 0 saturated carbocycles. The predicted octanol–water partition coefficient (Wildman–Crippen LogP) is 1.09. The topological polar surface area (TPSA) is 73.0 Å². The van der Waals surface area contributed by atoms with E-state index in [0.717, 1.165) is 11.5 Å². The average molecular weight is 315 g/mol. The minimum atomic E-state index is -0.0543. The summed E-state index contributed by atoms with van der Waals surface area (Å²) >= 11 is 0. The van der Waals surface area contributed by atoms with E-state index in [0.29, 0.717) is 30.9 Å². The summed E-state index contributed by atoms with van der Waals surface area (Å²) < 4.78 is 3.52. The molecule has 23 heavy (non-hydrogen) atoms. The molecule has 0 bridgehead atoms. The Hall–Kier alpha value is -2.44. The molecule has 0 aromatic carbocycles. The summed E-state index contributed by atoms with van der Waals surface area (Å²) in [6.07, 6.45) is 4.00. The van der Waals surface area contributed by atoms with E-state index >= 15 is 0 Å². The van der Waals surface area contributed by atoms with Crippen LogP contribution in [0.3, 0.4) is 0 Å². The van der Waals surface area contributed by atoms with Crippen molar-refractivity contribution in [3.63, 3.8) is 0 Å².